The van der Waals surface area contributed by atoms with Crippen LogP contribution in [0.4, 0.5) is 0 Å². The van der Waals surface area contributed by atoms with Crippen LogP contribution in [0.2, 0.25) is 0 Å². The number of hydrogen-bond acceptors (Lipinski definition) is 4. The second-order valence-electron chi connectivity index (χ2n) is 7.34. The van der Waals surface area contributed by atoms with Gasteiger partial charge in [-0.1, -0.05) is 54.6 Å². The fraction of sp³-hybridized carbons (Fsp3) is 0.192. The molecule has 0 saturated heterocycles. The zero-order valence-electron chi connectivity index (χ0n) is 18.2. The molecular formula is C26H25BrO5P+. The normalized spacial score (nSPS) is 13.0. The molecule has 0 bridgehead atoms. The fourth-order valence-corrected chi connectivity index (χ4v) is 10.8. The van der Waals surface area contributed by atoms with Crippen LogP contribution < -0.4 is 15.9 Å². The molecule has 3 aromatic rings. The number of carboxylic acid groups (broad SMARTS) is 1. The Balaban J connectivity index is 2.46. The van der Waals surface area contributed by atoms with E-state index in [0.29, 0.717) is 0 Å². The molecule has 1 N–H and O–H groups in total. The highest BCUT2D eigenvalue weighted by Crippen LogP contribution is 2.69. The molecule has 0 aliphatic rings. The lowest BCUT2D eigenvalue weighted by molar-refractivity contribution is -0.147. The van der Waals surface area contributed by atoms with Gasteiger partial charge < -0.3 is 9.84 Å². The van der Waals surface area contributed by atoms with Crippen molar-refractivity contribution in [3.8, 4) is 0 Å². The molecule has 0 aliphatic carbocycles. The van der Waals surface area contributed by atoms with Crippen LogP contribution in [0.25, 0.3) is 0 Å². The first-order chi connectivity index (χ1) is 15.9. The number of carbonyl (C=O) groups is 3. The van der Waals surface area contributed by atoms with E-state index >= 15 is 0 Å². The van der Waals surface area contributed by atoms with Gasteiger partial charge in [-0.25, -0.2) is 4.79 Å². The van der Waals surface area contributed by atoms with Gasteiger partial charge in [0, 0.05) is 6.42 Å². The zero-order chi connectivity index (χ0) is 23.9. The summed E-state index contributed by atoms with van der Waals surface area (Å²) in [5.74, 6) is -2.34. The van der Waals surface area contributed by atoms with E-state index in [9.17, 15) is 19.5 Å². The minimum atomic E-state index is -3.08. The Morgan fingerprint density at radius 3 is 1.52 bits per heavy atom. The molecule has 3 rings (SSSR count). The molecule has 7 heteroatoms. The van der Waals surface area contributed by atoms with Gasteiger partial charge in [0.15, 0.2) is 5.78 Å². The van der Waals surface area contributed by atoms with Crippen LogP contribution in [0, 0.1) is 0 Å². The first-order valence-electron chi connectivity index (χ1n) is 10.6. The SMILES string of the molecule is CCOC(=O)C(Br)(C(=O)CCC(=O)O)[P+](c1ccccc1)(c1ccccc1)c1ccccc1. The van der Waals surface area contributed by atoms with E-state index in [1.165, 1.54) is 0 Å². The van der Waals surface area contributed by atoms with Gasteiger partial charge in [0.2, 0.25) is 0 Å². The third-order valence-corrected chi connectivity index (χ3v) is 12.3. The molecule has 5 nitrogen and oxygen atoms in total. The third kappa shape index (κ3) is 4.64. The molecule has 0 fully saturated rings. The number of esters is 1. The highest BCUT2D eigenvalue weighted by molar-refractivity contribution is 9.12. The number of carbonyl (C=O) groups excluding carboxylic acids is 2. The van der Waals surface area contributed by atoms with Crippen LogP contribution in [0.1, 0.15) is 19.8 Å². The van der Waals surface area contributed by atoms with E-state index in [-0.39, 0.29) is 19.4 Å². The number of alkyl halides is 1. The lowest BCUT2D eigenvalue weighted by Crippen LogP contribution is -2.54. The number of aliphatic carboxylic acids is 1. The Kier molecular flexibility index (Phi) is 8.17. The Morgan fingerprint density at radius 1 is 0.788 bits per heavy atom. The minimum absolute atomic E-state index is 0.0801. The predicted octanol–water partition coefficient (Wildman–Crippen LogP) is 4.07. The quantitative estimate of drug-likeness (QED) is 0.186. The van der Waals surface area contributed by atoms with Crippen molar-refractivity contribution in [2.24, 2.45) is 0 Å². The standard InChI is InChI=1S/C26H24BrO5P/c1-2-32-25(31)26(27,23(28)18-19-24(29)30)33(20-12-6-3-7-13-20,21-14-8-4-9-15-21)22-16-10-5-11-17-22/h3-17H,2,18-19H2,1H3/p+1. The van der Waals surface area contributed by atoms with Crippen molar-refractivity contribution < 1.29 is 24.2 Å². The molecule has 1 unspecified atom stereocenters. The van der Waals surface area contributed by atoms with Crippen molar-refractivity contribution >= 4 is 56.8 Å². The van der Waals surface area contributed by atoms with Crippen LogP contribution in [-0.2, 0) is 19.1 Å². The van der Waals surface area contributed by atoms with E-state index in [0.717, 1.165) is 15.9 Å². The average Bonchev–Trinajstić information content (AvgIpc) is 2.85. The smallest absolute Gasteiger partial charge is 0.370 e. The molecule has 0 saturated carbocycles. The summed E-state index contributed by atoms with van der Waals surface area (Å²) in [6, 6.07) is 28.3. The number of ketones is 1. The molecule has 0 spiro atoms. The Hall–Kier alpha value is -2.82. The van der Waals surface area contributed by atoms with E-state index in [2.05, 4.69) is 15.9 Å². The Morgan fingerprint density at radius 2 is 1.18 bits per heavy atom. The van der Waals surface area contributed by atoms with E-state index in [1.54, 1.807) is 6.92 Å². The van der Waals surface area contributed by atoms with Crippen LogP contribution in [0.15, 0.2) is 91.0 Å². The second kappa shape index (κ2) is 10.9. The molecule has 0 aliphatic heterocycles. The van der Waals surface area contributed by atoms with Gasteiger partial charge in [-0.15, -0.1) is 0 Å². The van der Waals surface area contributed by atoms with Crippen molar-refractivity contribution in [2.75, 3.05) is 6.61 Å². The number of rotatable bonds is 10. The van der Waals surface area contributed by atoms with Crippen LogP contribution >= 0.6 is 23.2 Å². The third-order valence-electron chi connectivity index (χ3n) is 5.37. The van der Waals surface area contributed by atoms with Gasteiger partial charge in [-0.2, -0.15) is 0 Å². The monoisotopic (exact) mass is 527 g/mol. The molecule has 0 amide bonds. The van der Waals surface area contributed by atoms with E-state index < -0.39 is 29.0 Å². The van der Waals surface area contributed by atoms with Crippen molar-refractivity contribution in [2.45, 2.75) is 23.8 Å². The molecule has 0 heterocycles. The first-order valence-corrected chi connectivity index (χ1v) is 13.1. The molecule has 3 aromatic carbocycles. The molecule has 33 heavy (non-hydrogen) atoms. The number of hydrogen-bond donors (Lipinski definition) is 1. The lowest BCUT2D eigenvalue weighted by atomic mass is 10.1. The lowest BCUT2D eigenvalue weighted by Gasteiger charge is -2.38. The van der Waals surface area contributed by atoms with Crippen LogP contribution in [0.5, 0.6) is 0 Å². The Labute approximate surface area is 202 Å². The van der Waals surface area contributed by atoms with Crippen LogP contribution in [0.3, 0.4) is 0 Å². The van der Waals surface area contributed by atoms with E-state index in [4.69, 9.17) is 4.74 Å². The number of benzene rings is 3. The van der Waals surface area contributed by atoms with Gasteiger partial charge in [0.25, 0.3) is 4.07 Å². The first kappa shape index (κ1) is 24.8. The van der Waals surface area contributed by atoms with Gasteiger partial charge in [0.1, 0.15) is 23.2 Å². The molecule has 0 radical (unpaired) electrons. The minimum Gasteiger partial charge on any atom is -0.481 e. The highest BCUT2D eigenvalue weighted by atomic mass is 79.9. The van der Waals surface area contributed by atoms with Gasteiger partial charge >= 0.3 is 11.9 Å². The molecule has 1 atom stereocenters. The molecular weight excluding hydrogens is 503 g/mol. The molecule has 170 valence electrons. The number of ether oxygens (including phenoxy) is 1. The summed E-state index contributed by atoms with van der Waals surface area (Å²) in [5, 5.41) is 11.7. The largest absolute Gasteiger partial charge is 0.481 e. The maximum atomic E-state index is 13.9. The van der Waals surface area contributed by atoms with Gasteiger partial charge in [0.05, 0.1) is 13.0 Å². The maximum Gasteiger partial charge on any atom is 0.370 e. The average molecular weight is 528 g/mol. The van der Waals surface area contributed by atoms with Crippen molar-refractivity contribution in [3.63, 3.8) is 0 Å². The maximum absolute atomic E-state index is 13.9. The number of carboxylic acids is 1. The fourth-order valence-electron chi connectivity index (χ4n) is 3.99. The summed E-state index contributed by atoms with van der Waals surface area (Å²) in [6.07, 6.45) is -0.697. The number of halogens is 1. The predicted molar refractivity (Wildman–Crippen MR) is 135 cm³/mol. The summed E-state index contributed by atoms with van der Waals surface area (Å²) in [7, 11) is -3.08. The second-order valence-corrected chi connectivity index (χ2v) is 12.7. The highest BCUT2D eigenvalue weighted by Gasteiger charge is 2.71. The Bertz CT molecular complexity index is 1010. The van der Waals surface area contributed by atoms with Crippen molar-refractivity contribution in [1.82, 2.24) is 0 Å². The van der Waals surface area contributed by atoms with E-state index in [1.807, 2.05) is 91.0 Å². The van der Waals surface area contributed by atoms with Crippen molar-refractivity contribution in [3.05, 3.63) is 91.0 Å². The summed E-state index contributed by atoms with van der Waals surface area (Å²) >= 11 is 3.63. The van der Waals surface area contributed by atoms with Crippen molar-refractivity contribution in [1.29, 1.82) is 0 Å². The van der Waals surface area contributed by atoms with Gasteiger partial charge in [-0.3, -0.25) is 9.59 Å². The summed E-state index contributed by atoms with van der Waals surface area (Å²) in [4.78, 5) is 38.9. The van der Waals surface area contributed by atoms with Gasteiger partial charge in [-0.05, 0) is 59.3 Å². The zero-order valence-corrected chi connectivity index (χ0v) is 20.7. The number of Topliss-reactive ketones (excluding diaryl/α,β-unsaturated/α-hetero) is 1. The summed E-state index contributed by atoms with van der Waals surface area (Å²) < 4.78 is 3.67. The molecule has 0 aromatic heterocycles. The summed E-state index contributed by atoms with van der Waals surface area (Å²) in [5.41, 5.74) is 0. The topological polar surface area (TPSA) is 80.7 Å². The summed E-state index contributed by atoms with van der Waals surface area (Å²) in [6.45, 7) is 1.76. The van der Waals surface area contributed by atoms with Crippen LogP contribution in [-0.4, -0.2) is 33.5 Å².